The molecule has 0 radical (unpaired) electrons. The summed E-state index contributed by atoms with van der Waals surface area (Å²) in [4.78, 5) is 21.6. The van der Waals surface area contributed by atoms with Gasteiger partial charge in [0.1, 0.15) is 5.82 Å². The van der Waals surface area contributed by atoms with E-state index in [1.165, 1.54) is 11.3 Å². The summed E-state index contributed by atoms with van der Waals surface area (Å²) in [5.41, 5.74) is 3.21. The lowest BCUT2D eigenvalue weighted by Crippen LogP contribution is -2.48. The van der Waals surface area contributed by atoms with Crippen LogP contribution in [0, 0.1) is 6.92 Å². The van der Waals surface area contributed by atoms with Gasteiger partial charge < -0.3 is 14.6 Å². The van der Waals surface area contributed by atoms with Gasteiger partial charge in [-0.1, -0.05) is 0 Å². The van der Waals surface area contributed by atoms with Crippen LogP contribution in [0.3, 0.4) is 0 Å². The first kappa shape index (κ1) is 11.0. The number of benzene rings is 1. The first-order valence-corrected chi connectivity index (χ1v) is 6.60. The van der Waals surface area contributed by atoms with Gasteiger partial charge in [-0.3, -0.25) is 4.79 Å². The van der Waals surface area contributed by atoms with Gasteiger partial charge in [-0.25, -0.2) is 4.98 Å². The summed E-state index contributed by atoms with van der Waals surface area (Å²) in [7, 11) is 0. The van der Waals surface area contributed by atoms with Crippen molar-refractivity contribution in [1.82, 2.24) is 9.97 Å². The summed E-state index contributed by atoms with van der Waals surface area (Å²) >= 11 is 0. The first-order chi connectivity index (χ1) is 9.22. The maximum Gasteiger partial charge on any atom is 0.258 e. The monoisotopic (exact) mass is 257 g/mol. The zero-order chi connectivity index (χ0) is 13.0. The number of rotatable bonds is 1. The third-order valence-corrected chi connectivity index (χ3v) is 4.02. The molecule has 1 saturated heterocycles. The number of aryl methyl sites for hydroxylation is 1. The van der Waals surface area contributed by atoms with E-state index in [0.717, 1.165) is 31.7 Å². The van der Waals surface area contributed by atoms with Crippen LogP contribution in [0.1, 0.15) is 11.4 Å². The topological polar surface area (TPSA) is 58.2 Å². The molecule has 4 rings (SSSR count). The Bertz CT molecular complexity index is 718. The predicted molar refractivity (Wildman–Crippen MR) is 72.8 cm³/mol. The van der Waals surface area contributed by atoms with Crippen LogP contribution in [-0.4, -0.2) is 35.8 Å². The van der Waals surface area contributed by atoms with Gasteiger partial charge in [0.05, 0.1) is 30.2 Å². The Labute approximate surface area is 110 Å². The minimum atomic E-state index is -0.0537. The van der Waals surface area contributed by atoms with E-state index in [1.807, 2.05) is 13.0 Å². The van der Waals surface area contributed by atoms with Crippen LogP contribution < -0.4 is 10.5 Å². The molecule has 5 heteroatoms. The summed E-state index contributed by atoms with van der Waals surface area (Å²) in [6.07, 6.45) is 1.02. The number of aromatic amines is 1. The fourth-order valence-corrected chi connectivity index (χ4v) is 2.95. The van der Waals surface area contributed by atoms with Crippen molar-refractivity contribution in [2.45, 2.75) is 19.4 Å². The molecule has 2 aliphatic heterocycles. The fourth-order valence-electron chi connectivity index (χ4n) is 2.95. The van der Waals surface area contributed by atoms with E-state index < -0.39 is 0 Å². The Balaban J connectivity index is 1.90. The molecule has 2 aromatic rings. The zero-order valence-corrected chi connectivity index (χ0v) is 10.8. The lowest BCUT2D eigenvalue weighted by molar-refractivity contribution is 0.00887. The second-order valence-corrected chi connectivity index (χ2v) is 5.28. The molecule has 1 aromatic heterocycles. The molecular weight excluding hydrogens is 242 g/mol. The Hall–Kier alpha value is -1.88. The minimum Gasteiger partial charge on any atom is -0.377 e. The van der Waals surface area contributed by atoms with E-state index >= 15 is 0 Å². The maximum absolute atomic E-state index is 12.0. The second kappa shape index (κ2) is 3.81. The summed E-state index contributed by atoms with van der Waals surface area (Å²) in [5.74, 6) is 0.666. The number of anilines is 1. The molecule has 2 aliphatic rings. The van der Waals surface area contributed by atoms with E-state index in [4.69, 9.17) is 4.74 Å². The third kappa shape index (κ3) is 1.58. The van der Waals surface area contributed by atoms with Gasteiger partial charge >= 0.3 is 0 Å². The van der Waals surface area contributed by atoms with Crippen molar-refractivity contribution >= 4 is 16.6 Å². The number of aromatic nitrogens is 2. The van der Waals surface area contributed by atoms with Crippen LogP contribution in [0.5, 0.6) is 0 Å². The van der Waals surface area contributed by atoms with Crippen LogP contribution in [-0.2, 0) is 11.2 Å². The summed E-state index contributed by atoms with van der Waals surface area (Å²) in [6, 6.07) is 4.52. The van der Waals surface area contributed by atoms with Crippen molar-refractivity contribution in [3.05, 3.63) is 33.9 Å². The molecule has 0 amide bonds. The molecule has 98 valence electrons. The molecule has 3 heterocycles. The van der Waals surface area contributed by atoms with Crippen molar-refractivity contribution < 1.29 is 4.74 Å². The second-order valence-electron chi connectivity index (χ2n) is 5.28. The average Bonchev–Trinajstić information content (AvgIpc) is 2.68. The smallest absolute Gasteiger partial charge is 0.258 e. The third-order valence-electron chi connectivity index (χ3n) is 4.02. The number of ether oxygens (including phenoxy) is 1. The van der Waals surface area contributed by atoms with Crippen molar-refractivity contribution in [1.29, 1.82) is 0 Å². The Kier molecular flexibility index (Phi) is 2.20. The van der Waals surface area contributed by atoms with Crippen molar-refractivity contribution in [3.63, 3.8) is 0 Å². The highest BCUT2D eigenvalue weighted by atomic mass is 16.5. The number of H-pyrrole nitrogens is 1. The molecule has 1 fully saturated rings. The van der Waals surface area contributed by atoms with E-state index in [-0.39, 0.29) is 5.56 Å². The van der Waals surface area contributed by atoms with Gasteiger partial charge in [-0.2, -0.15) is 0 Å². The van der Waals surface area contributed by atoms with Gasteiger partial charge in [0, 0.05) is 12.2 Å². The molecule has 0 unspecified atom stereocenters. The normalized spacial score (nSPS) is 18.7. The van der Waals surface area contributed by atoms with Crippen LogP contribution in [0.15, 0.2) is 16.9 Å². The highest BCUT2D eigenvalue weighted by Crippen LogP contribution is 2.33. The largest absolute Gasteiger partial charge is 0.377 e. The molecule has 1 aromatic carbocycles. The summed E-state index contributed by atoms with van der Waals surface area (Å²) < 4.78 is 5.27. The molecule has 19 heavy (non-hydrogen) atoms. The lowest BCUT2D eigenvalue weighted by Gasteiger charge is -2.36. The van der Waals surface area contributed by atoms with Crippen molar-refractivity contribution in [2.75, 3.05) is 24.7 Å². The predicted octanol–water partition coefficient (Wildman–Crippen LogP) is 0.993. The van der Waals surface area contributed by atoms with E-state index in [1.54, 1.807) is 0 Å². The number of fused-ring (bicyclic) bond motifs is 2. The van der Waals surface area contributed by atoms with Crippen LogP contribution >= 0.6 is 0 Å². The molecule has 0 aliphatic carbocycles. The van der Waals surface area contributed by atoms with Crippen LogP contribution in [0.25, 0.3) is 10.9 Å². The van der Waals surface area contributed by atoms with Crippen LogP contribution in [0.4, 0.5) is 5.69 Å². The molecule has 0 saturated carbocycles. The SMILES string of the molecule is Cc1nc2cc3c(cc2c(=O)[nH]1)N(C1COC1)CC3. The Morgan fingerprint density at radius 1 is 1.42 bits per heavy atom. The average molecular weight is 257 g/mol. The number of nitrogens with one attached hydrogen (secondary N) is 1. The van der Waals surface area contributed by atoms with Gasteiger partial charge in [0.15, 0.2) is 0 Å². The molecule has 0 spiro atoms. The molecule has 5 nitrogen and oxygen atoms in total. The quantitative estimate of drug-likeness (QED) is 0.827. The van der Waals surface area contributed by atoms with E-state index in [0.29, 0.717) is 17.3 Å². The highest BCUT2D eigenvalue weighted by Gasteiger charge is 2.31. The van der Waals surface area contributed by atoms with Crippen molar-refractivity contribution in [2.24, 2.45) is 0 Å². The Morgan fingerprint density at radius 3 is 3.00 bits per heavy atom. The van der Waals surface area contributed by atoms with E-state index in [2.05, 4.69) is 20.9 Å². The molecule has 0 atom stereocenters. The van der Waals surface area contributed by atoms with Gasteiger partial charge in [-0.15, -0.1) is 0 Å². The van der Waals surface area contributed by atoms with Crippen LogP contribution in [0.2, 0.25) is 0 Å². The molecular formula is C14H15N3O2. The standard InChI is InChI=1S/C14H15N3O2/c1-8-15-12-4-9-2-3-17(10-6-19-7-10)13(9)5-11(12)14(18)16-8/h4-5,10H,2-3,6-7H2,1H3,(H,15,16,18). The highest BCUT2D eigenvalue weighted by molar-refractivity contribution is 5.84. The molecule has 0 bridgehead atoms. The molecule has 1 N–H and O–H groups in total. The Morgan fingerprint density at radius 2 is 2.26 bits per heavy atom. The lowest BCUT2D eigenvalue weighted by atomic mass is 10.1. The van der Waals surface area contributed by atoms with Gasteiger partial charge in [0.25, 0.3) is 5.56 Å². The summed E-state index contributed by atoms with van der Waals surface area (Å²) in [6.45, 7) is 4.41. The maximum atomic E-state index is 12.0. The minimum absolute atomic E-state index is 0.0537. The van der Waals surface area contributed by atoms with Crippen molar-refractivity contribution in [3.8, 4) is 0 Å². The fraction of sp³-hybridized carbons (Fsp3) is 0.429. The van der Waals surface area contributed by atoms with Gasteiger partial charge in [-0.05, 0) is 31.0 Å². The van der Waals surface area contributed by atoms with E-state index in [9.17, 15) is 4.79 Å². The number of nitrogens with zero attached hydrogens (tertiary/aromatic N) is 2. The summed E-state index contributed by atoms with van der Waals surface area (Å²) in [5, 5.41) is 0.677. The number of hydrogen-bond acceptors (Lipinski definition) is 4. The first-order valence-electron chi connectivity index (χ1n) is 6.60. The van der Waals surface area contributed by atoms with Gasteiger partial charge in [0.2, 0.25) is 0 Å². The number of hydrogen-bond donors (Lipinski definition) is 1. The zero-order valence-electron chi connectivity index (χ0n) is 10.8.